The van der Waals surface area contributed by atoms with Crippen LogP contribution in [0.5, 0.6) is 0 Å². The molecule has 1 amide bonds. The summed E-state index contributed by atoms with van der Waals surface area (Å²) in [6.07, 6.45) is 1.25. The van der Waals surface area contributed by atoms with Crippen LogP contribution in [0.1, 0.15) is 36.3 Å². The van der Waals surface area contributed by atoms with Gasteiger partial charge in [0.2, 0.25) is 5.91 Å². The molecule has 0 spiro atoms. The highest BCUT2D eigenvalue weighted by Gasteiger charge is 2.46. The van der Waals surface area contributed by atoms with Crippen molar-refractivity contribution in [2.45, 2.75) is 38.1 Å². The SMILES string of the molecule is Cc1ccccc1C1CC(=O)C2CC(C(=O)O)C(=O)NC2C1. The quantitative estimate of drug-likeness (QED) is 0.814. The minimum absolute atomic E-state index is 0.0655. The van der Waals surface area contributed by atoms with Crippen LogP contribution >= 0.6 is 0 Å². The van der Waals surface area contributed by atoms with E-state index in [1.165, 1.54) is 0 Å². The second-order valence-electron chi connectivity index (χ2n) is 6.31. The van der Waals surface area contributed by atoms with Crippen molar-refractivity contribution in [1.29, 1.82) is 0 Å². The molecule has 5 nitrogen and oxygen atoms in total. The number of aliphatic carboxylic acids is 1. The summed E-state index contributed by atoms with van der Waals surface area (Å²) in [6, 6.07) is 7.73. The topological polar surface area (TPSA) is 83.5 Å². The Bertz CT molecular complexity index is 639. The summed E-state index contributed by atoms with van der Waals surface area (Å²) in [4.78, 5) is 35.5. The van der Waals surface area contributed by atoms with E-state index in [9.17, 15) is 14.4 Å². The molecule has 1 heterocycles. The molecule has 1 saturated carbocycles. The van der Waals surface area contributed by atoms with E-state index in [1.54, 1.807) is 0 Å². The first kappa shape index (κ1) is 14.8. The van der Waals surface area contributed by atoms with Gasteiger partial charge in [-0.1, -0.05) is 24.3 Å². The van der Waals surface area contributed by atoms with Crippen LogP contribution in [0.15, 0.2) is 24.3 Å². The number of carbonyl (C=O) groups is 3. The van der Waals surface area contributed by atoms with E-state index in [1.807, 2.05) is 31.2 Å². The van der Waals surface area contributed by atoms with Gasteiger partial charge in [0, 0.05) is 18.4 Å². The maximum atomic E-state index is 12.5. The van der Waals surface area contributed by atoms with Gasteiger partial charge in [-0.05, 0) is 36.8 Å². The van der Waals surface area contributed by atoms with E-state index < -0.39 is 17.8 Å². The number of carbonyl (C=O) groups excluding carboxylic acids is 2. The number of hydrogen-bond donors (Lipinski definition) is 2. The second kappa shape index (κ2) is 5.55. The summed E-state index contributed by atoms with van der Waals surface area (Å²) in [6.45, 7) is 2.02. The van der Waals surface area contributed by atoms with Crippen molar-refractivity contribution >= 4 is 17.7 Å². The number of hydrogen-bond acceptors (Lipinski definition) is 3. The highest BCUT2D eigenvalue weighted by atomic mass is 16.4. The zero-order valence-corrected chi connectivity index (χ0v) is 12.4. The van der Waals surface area contributed by atoms with Crippen LogP contribution in [0.2, 0.25) is 0 Å². The summed E-state index contributed by atoms with van der Waals surface area (Å²) in [5.74, 6) is -2.91. The lowest BCUT2D eigenvalue weighted by Gasteiger charge is -2.40. The number of Topliss-reactive ketones (excluding diaryl/α,β-unsaturated/α-hetero) is 1. The minimum Gasteiger partial charge on any atom is -0.481 e. The van der Waals surface area contributed by atoms with Gasteiger partial charge >= 0.3 is 5.97 Å². The average Bonchev–Trinajstić information content (AvgIpc) is 2.46. The molecule has 2 aliphatic rings. The molecule has 4 atom stereocenters. The number of benzene rings is 1. The lowest BCUT2D eigenvalue weighted by atomic mass is 9.69. The molecule has 116 valence electrons. The molecule has 1 aromatic carbocycles. The van der Waals surface area contributed by atoms with Crippen molar-refractivity contribution in [1.82, 2.24) is 5.32 Å². The zero-order valence-electron chi connectivity index (χ0n) is 12.4. The molecule has 4 unspecified atom stereocenters. The number of aryl methyl sites for hydroxylation is 1. The average molecular weight is 301 g/mol. The van der Waals surface area contributed by atoms with Gasteiger partial charge in [-0.3, -0.25) is 14.4 Å². The predicted octanol–water partition coefficient (Wildman–Crippen LogP) is 1.65. The predicted molar refractivity (Wildman–Crippen MR) is 79.3 cm³/mol. The minimum atomic E-state index is -1.15. The molecule has 1 saturated heterocycles. The van der Waals surface area contributed by atoms with Crippen LogP contribution in [0.3, 0.4) is 0 Å². The first-order valence-electron chi connectivity index (χ1n) is 7.58. The van der Waals surface area contributed by atoms with Crippen molar-refractivity contribution in [3.05, 3.63) is 35.4 Å². The fourth-order valence-electron chi connectivity index (χ4n) is 3.77. The molecule has 0 radical (unpaired) electrons. The lowest BCUT2D eigenvalue weighted by Crippen LogP contribution is -2.56. The van der Waals surface area contributed by atoms with Gasteiger partial charge in [0.1, 0.15) is 11.7 Å². The van der Waals surface area contributed by atoms with E-state index in [0.717, 1.165) is 11.1 Å². The van der Waals surface area contributed by atoms with Crippen LogP contribution in [0.25, 0.3) is 0 Å². The van der Waals surface area contributed by atoms with Crippen LogP contribution in [-0.2, 0) is 14.4 Å². The summed E-state index contributed by atoms with van der Waals surface area (Å²) >= 11 is 0. The largest absolute Gasteiger partial charge is 0.481 e. The van der Waals surface area contributed by atoms with Crippen molar-refractivity contribution in [2.24, 2.45) is 11.8 Å². The second-order valence-corrected chi connectivity index (χ2v) is 6.31. The maximum absolute atomic E-state index is 12.5. The van der Waals surface area contributed by atoms with E-state index in [2.05, 4.69) is 5.32 Å². The van der Waals surface area contributed by atoms with Gasteiger partial charge in [-0.25, -0.2) is 0 Å². The molecule has 2 fully saturated rings. The van der Waals surface area contributed by atoms with Crippen molar-refractivity contribution in [3.63, 3.8) is 0 Å². The Morgan fingerprint density at radius 2 is 1.95 bits per heavy atom. The third-order valence-corrected chi connectivity index (χ3v) is 4.95. The molecule has 0 aromatic heterocycles. The summed E-state index contributed by atoms with van der Waals surface area (Å²) in [5.41, 5.74) is 2.29. The van der Waals surface area contributed by atoms with Crippen molar-refractivity contribution in [2.75, 3.05) is 0 Å². The number of nitrogens with one attached hydrogen (secondary N) is 1. The molecule has 1 aliphatic carbocycles. The number of carboxylic acid groups (broad SMARTS) is 1. The molecule has 0 bridgehead atoms. The number of carboxylic acids is 1. The summed E-state index contributed by atoms with van der Waals surface area (Å²) < 4.78 is 0. The summed E-state index contributed by atoms with van der Waals surface area (Å²) in [5, 5.41) is 11.8. The van der Waals surface area contributed by atoms with E-state index in [0.29, 0.717) is 12.8 Å². The molecule has 22 heavy (non-hydrogen) atoms. The fraction of sp³-hybridized carbons (Fsp3) is 0.471. The molecular weight excluding hydrogens is 282 g/mol. The van der Waals surface area contributed by atoms with E-state index in [-0.39, 0.29) is 30.1 Å². The molecular formula is C17H19NO4. The lowest BCUT2D eigenvalue weighted by molar-refractivity contribution is -0.151. The number of amides is 1. The number of fused-ring (bicyclic) bond motifs is 1. The number of rotatable bonds is 2. The van der Waals surface area contributed by atoms with Crippen molar-refractivity contribution < 1.29 is 19.5 Å². The first-order valence-corrected chi connectivity index (χ1v) is 7.58. The Kier molecular flexibility index (Phi) is 3.72. The third-order valence-electron chi connectivity index (χ3n) is 4.95. The summed E-state index contributed by atoms with van der Waals surface area (Å²) in [7, 11) is 0. The van der Waals surface area contributed by atoms with Gasteiger partial charge in [-0.15, -0.1) is 0 Å². The van der Waals surface area contributed by atoms with Gasteiger partial charge in [0.25, 0.3) is 0 Å². The van der Waals surface area contributed by atoms with Crippen LogP contribution in [-0.4, -0.2) is 28.8 Å². The fourth-order valence-corrected chi connectivity index (χ4v) is 3.77. The zero-order chi connectivity index (χ0) is 15.9. The van der Waals surface area contributed by atoms with Gasteiger partial charge < -0.3 is 10.4 Å². The van der Waals surface area contributed by atoms with Gasteiger partial charge in [-0.2, -0.15) is 0 Å². The number of piperidine rings is 1. The van der Waals surface area contributed by atoms with E-state index in [4.69, 9.17) is 5.11 Å². The molecule has 1 aromatic rings. The smallest absolute Gasteiger partial charge is 0.316 e. The standard InChI is InChI=1S/C17H19NO4/c1-9-4-2-3-5-11(9)10-6-14-12(15(19)7-10)8-13(17(21)22)16(20)18-14/h2-5,10,12-14H,6-8H2,1H3,(H,18,20)(H,21,22). The molecule has 2 N–H and O–H groups in total. The molecule has 3 rings (SSSR count). The Balaban J connectivity index is 1.82. The van der Waals surface area contributed by atoms with Gasteiger partial charge in [0.05, 0.1) is 0 Å². The Hall–Kier alpha value is -2.17. The molecule has 1 aliphatic heterocycles. The van der Waals surface area contributed by atoms with Gasteiger partial charge in [0.15, 0.2) is 0 Å². The van der Waals surface area contributed by atoms with E-state index >= 15 is 0 Å². The van der Waals surface area contributed by atoms with Crippen LogP contribution < -0.4 is 5.32 Å². The normalized spacial score (nSPS) is 31.3. The van der Waals surface area contributed by atoms with Crippen molar-refractivity contribution in [3.8, 4) is 0 Å². The Labute approximate surface area is 128 Å². The molecule has 5 heteroatoms. The highest BCUT2D eigenvalue weighted by Crippen LogP contribution is 2.39. The first-order chi connectivity index (χ1) is 10.5. The van der Waals surface area contributed by atoms with Crippen LogP contribution in [0, 0.1) is 18.8 Å². The Morgan fingerprint density at radius 1 is 1.23 bits per heavy atom. The third kappa shape index (κ3) is 2.51. The van der Waals surface area contributed by atoms with Crippen LogP contribution in [0.4, 0.5) is 0 Å². The highest BCUT2D eigenvalue weighted by molar-refractivity contribution is 5.99. The number of ketones is 1. The Morgan fingerprint density at radius 3 is 2.64 bits per heavy atom. The maximum Gasteiger partial charge on any atom is 0.316 e. The monoisotopic (exact) mass is 301 g/mol.